The first-order valence-electron chi connectivity index (χ1n) is 7.50. The highest BCUT2D eigenvalue weighted by Crippen LogP contribution is 2.16. The van der Waals surface area contributed by atoms with Crippen LogP contribution in [0, 0.1) is 19.8 Å². The number of carbonyl (C=O) groups is 1. The molecule has 0 radical (unpaired) electrons. The van der Waals surface area contributed by atoms with Crippen molar-refractivity contribution in [2.75, 3.05) is 31.1 Å². The summed E-state index contributed by atoms with van der Waals surface area (Å²) in [6.45, 7) is 10.8. The third-order valence-corrected chi connectivity index (χ3v) is 3.87. The Hall–Kier alpha value is -1.11. The van der Waals surface area contributed by atoms with Gasteiger partial charge in [-0.2, -0.15) is 0 Å². The minimum absolute atomic E-state index is 0. The van der Waals surface area contributed by atoms with Crippen LogP contribution in [0.2, 0.25) is 0 Å². The van der Waals surface area contributed by atoms with Crippen molar-refractivity contribution in [1.82, 2.24) is 14.9 Å². The van der Waals surface area contributed by atoms with Crippen LogP contribution in [0.15, 0.2) is 6.07 Å². The van der Waals surface area contributed by atoms with E-state index in [1.807, 2.05) is 38.7 Å². The summed E-state index contributed by atoms with van der Waals surface area (Å²) in [5.74, 6) is 1.95. The van der Waals surface area contributed by atoms with Crippen molar-refractivity contribution in [3.8, 4) is 0 Å². The maximum absolute atomic E-state index is 12.2. The van der Waals surface area contributed by atoms with Crippen molar-refractivity contribution in [3.05, 3.63) is 17.6 Å². The number of amides is 1. The molecule has 1 aliphatic heterocycles. The number of hydrogen-bond donors (Lipinski definition) is 1. The Balaban J connectivity index is 0.00000242. The molecule has 1 aromatic rings. The van der Waals surface area contributed by atoms with Gasteiger partial charge in [0.05, 0.1) is 6.04 Å². The number of hydrogen-bond acceptors (Lipinski definition) is 5. The van der Waals surface area contributed by atoms with Gasteiger partial charge in [0.1, 0.15) is 11.6 Å². The molecule has 0 unspecified atom stereocenters. The fourth-order valence-corrected chi connectivity index (χ4v) is 2.51. The Kier molecular flexibility index (Phi) is 8.80. The van der Waals surface area contributed by atoms with Gasteiger partial charge in [-0.3, -0.25) is 4.79 Å². The topological polar surface area (TPSA) is 75.3 Å². The van der Waals surface area contributed by atoms with E-state index >= 15 is 0 Å². The summed E-state index contributed by atoms with van der Waals surface area (Å²) in [6, 6.07) is 1.59. The lowest BCUT2D eigenvalue weighted by Crippen LogP contribution is -2.54. The minimum Gasteiger partial charge on any atom is -0.353 e. The normalized spacial score (nSPS) is 15.7. The van der Waals surface area contributed by atoms with E-state index in [9.17, 15) is 4.79 Å². The minimum atomic E-state index is -0.403. The number of nitrogens with two attached hydrogens (primary N) is 1. The maximum Gasteiger partial charge on any atom is 0.239 e. The van der Waals surface area contributed by atoms with Crippen molar-refractivity contribution in [2.45, 2.75) is 33.7 Å². The van der Waals surface area contributed by atoms with Crippen molar-refractivity contribution < 1.29 is 4.79 Å². The largest absolute Gasteiger partial charge is 0.353 e. The second-order valence-corrected chi connectivity index (χ2v) is 6.00. The van der Waals surface area contributed by atoms with Crippen LogP contribution in [0.4, 0.5) is 5.82 Å². The molecular formula is C15H27Cl2N5O. The molecule has 1 saturated heterocycles. The zero-order chi connectivity index (χ0) is 15.6. The Morgan fingerprint density at radius 2 is 1.70 bits per heavy atom. The number of aryl methyl sites for hydroxylation is 2. The smallest absolute Gasteiger partial charge is 0.239 e. The Morgan fingerprint density at radius 1 is 1.13 bits per heavy atom. The van der Waals surface area contributed by atoms with Gasteiger partial charge in [0.15, 0.2) is 0 Å². The summed E-state index contributed by atoms with van der Waals surface area (Å²) in [7, 11) is 0. The zero-order valence-electron chi connectivity index (χ0n) is 14.2. The van der Waals surface area contributed by atoms with Gasteiger partial charge in [-0.1, -0.05) is 13.8 Å². The van der Waals surface area contributed by atoms with Gasteiger partial charge in [0, 0.05) is 37.9 Å². The molecule has 1 aromatic heterocycles. The highest BCUT2D eigenvalue weighted by Gasteiger charge is 2.27. The fraction of sp³-hybridized carbons (Fsp3) is 0.667. The molecule has 0 aliphatic carbocycles. The zero-order valence-corrected chi connectivity index (χ0v) is 15.8. The van der Waals surface area contributed by atoms with E-state index in [0.717, 1.165) is 30.4 Å². The van der Waals surface area contributed by atoms with E-state index in [1.54, 1.807) is 0 Å². The number of aromatic nitrogens is 2. The monoisotopic (exact) mass is 363 g/mol. The lowest BCUT2D eigenvalue weighted by molar-refractivity contribution is -0.133. The Labute approximate surface area is 150 Å². The third kappa shape index (κ3) is 5.48. The average Bonchev–Trinajstić information content (AvgIpc) is 2.44. The molecule has 2 rings (SSSR count). The second kappa shape index (κ2) is 9.25. The lowest BCUT2D eigenvalue weighted by Gasteiger charge is -2.37. The van der Waals surface area contributed by atoms with Gasteiger partial charge in [0.2, 0.25) is 5.91 Å². The molecule has 0 saturated carbocycles. The molecule has 23 heavy (non-hydrogen) atoms. The van der Waals surface area contributed by atoms with Crippen molar-refractivity contribution in [3.63, 3.8) is 0 Å². The molecule has 2 heterocycles. The van der Waals surface area contributed by atoms with Crippen LogP contribution in [-0.4, -0.2) is 53.0 Å². The molecule has 8 heteroatoms. The second-order valence-electron chi connectivity index (χ2n) is 6.00. The molecule has 1 amide bonds. The maximum atomic E-state index is 12.2. The highest BCUT2D eigenvalue weighted by atomic mass is 35.5. The van der Waals surface area contributed by atoms with Gasteiger partial charge in [-0.05, 0) is 19.8 Å². The van der Waals surface area contributed by atoms with Gasteiger partial charge >= 0.3 is 0 Å². The van der Waals surface area contributed by atoms with Gasteiger partial charge in [-0.25, -0.2) is 9.97 Å². The summed E-state index contributed by atoms with van der Waals surface area (Å²) >= 11 is 0. The van der Waals surface area contributed by atoms with Crippen LogP contribution >= 0.6 is 24.8 Å². The molecular weight excluding hydrogens is 337 g/mol. The van der Waals surface area contributed by atoms with Crippen molar-refractivity contribution in [2.24, 2.45) is 11.7 Å². The van der Waals surface area contributed by atoms with Crippen LogP contribution in [0.5, 0.6) is 0 Å². The predicted octanol–water partition coefficient (Wildman–Crippen LogP) is 1.57. The van der Waals surface area contributed by atoms with Crippen LogP contribution in [0.1, 0.15) is 25.4 Å². The number of anilines is 1. The lowest BCUT2D eigenvalue weighted by atomic mass is 10.0. The van der Waals surface area contributed by atoms with E-state index in [-0.39, 0.29) is 36.6 Å². The average molecular weight is 364 g/mol. The first-order chi connectivity index (χ1) is 9.88. The predicted molar refractivity (Wildman–Crippen MR) is 97.6 cm³/mol. The summed E-state index contributed by atoms with van der Waals surface area (Å²) in [5.41, 5.74) is 6.92. The molecule has 132 valence electrons. The number of rotatable bonds is 3. The van der Waals surface area contributed by atoms with Crippen molar-refractivity contribution in [1.29, 1.82) is 0 Å². The van der Waals surface area contributed by atoms with E-state index in [2.05, 4.69) is 14.9 Å². The van der Waals surface area contributed by atoms with Gasteiger partial charge in [0.25, 0.3) is 0 Å². The fourth-order valence-electron chi connectivity index (χ4n) is 2.51. The molecule has 1 aliphatic rings. The third-order valence-electron chi connectivity index (χ3n) is 3.87. The molecule has 0 bridgehead atoms. The quantitative estimate of drug-likeness (QED) is 0.881. The first kappa shape index (κ1) is 21.9. The SMILES string of the molecule is Cc1cc(N2CCN(C(=O)[C@@H](N)C(C)C)CC2)nc(C)n1.Cl.Cl. The number of piperazine rings is 1. The van der Waals surface area contributed by atoms with Gasteiger partial charge in [-0.15, -0.1) is 24.8 Å². The molecule has 1 atom stereocenters. The van der Waals surface area contributed by atoms with Crippen LogP contribution < -0.4 is 10.6 Å². The number of carbonyl (C=O) groups excluding carboxylic acids is 1. The van der Waals surface area contributed by atoms with Gasteiger partial charge < -0.3 is 15.5 Å². The number of halogens is 2. The standard InChI is InChI=1S/C15H25N5O.2ClH/c1-10(2)14(16)15(21)20-7-5-19(6-8-20)13-9-11(3)17-12(4)18-13;;/h9-10,14H,5-8,16H2,1-4H3;2*1H/t14-;;/m0../s1. The van der Waals surface area contributed by atoms with Crippen LogP contribution in [0.3, 0.4) is 0 Å². The number of nitrogens with zero attached hydrogens (tertiary/aromatic N) is 4. The van der Waals surface area contributed by atoms with Crippen LogP contribution in [-0.2, 0) is 4.79 Å². The molecule has 6 nitrogen and oxygen atoms in total. The molecule has 0 spiro atoms. The van der Waals surface area contributed by atoms with E-state index < -0.39 is 6.04 Å². The first-order valence-corrected chi connectivity index (χ1v) is 7.50. The summed E-state index contributed by atoms with van der Waals surface area (Å²) in [4.78, 5) is 25.1. The Bertz CT molecular complexity index is 498. The van der Waals surface area contributed by atoms with E-state index in [4.69, 9.17) is 5.73 Å². The van der Waals surface area contributed by atoms with E-state index in [0.29, 0.717) is 13.1 Å². The molecule has 1 fully saturated rings. The highest BCUT2D eigenvalue weighted by molar-refractivity contribution is 5.85. The van der Waals surface area contributed by atoms with E-state index in [1.165, 1.54) is 0 Å². The summed E-state index contributed by atoms with van der Waals surface area (Å²) in [5, 5.41) is 0. The molecule has 2 N–H and O–H groups in total. The summed E-state index contributed by atoms with van der Waals surface area (Å²) in [6.07, 6.45) is 0. The van der Waals surface area contributed by atoms with Crippen molar-refractivity contribution >= 4 is 36.5 Å². The Morgan fingerprint density at radius 3 is 2.17 bits per heavy atom. The summed E-state index contributed by atoms with van der Waals surface area (Å²) < 4.78 is 0. The van der Waals surface area contributed by atoms with Crippen LogP contribution in [0.25, 0.3) is 0 Å². The molecule has 0 aromatic carbocycles.